The number of hydrogen-bond donors (Lipinski definition) is 7. The summed E-state index contributed by atoms with van der Waals surface area (Å²) in [5.74, 6) is 0. The van der Waals surface area contributed by atoms with Crippen LogP contribution >= 0.6 is 0 Å². The number of aryl methyl sites for hydroxylation is 2. The highest BCUT2D eigenvalue weighted by molar-refractivity contribution is 7.89. The molecule has 0 bridgehead atoms. The number of hydrogen-bond acceptors (Lipinski definition) is 24. The third-order valence-electron chi connectivity index (χ3n) is 22.7. The maximum absolute atomic E-state index is 11.8. The maximum atomic E-state index is 11.8. The van der Waals surface area contributed by atoms with Crippen molar-refractivity contribution in [3.8, 4) is 0 Å². The van der Waals surface area contributed by atoms with Crippen LogP contribution in [0.2, 0.25) is 0 Å². The Kier molecular flexibility index (Phi) is 90.6. The lowest BCUT2D eigenvalue weighted by molar-refractivity contribution is -0.137. The minimum atomic E-state index is -4.21. The fourth-order valence-electron chi connectivity index (χ4n) is 13.6. The van der Waals surface area contributed by atoms with Crippen LogP contribution in [0.25, 0.3) is 0 Å². The van der Waals surface area contributed by atoms with Gasteiger partial charge < -0.3 is 65.5 Å². The zero-order chi connectivity index (χ0) is 103. The van der Waals surface area contributed by atoms with Crippen LogP contribution in [-0.4, -0.2) is 265 Å². The van der Waals surface area contributed by atoms with Crippen LogP contribution in [0, 0.1) is 19.3 Å². The molecule has 141 heavy (non-hydrogen) atoms. The van der Waals surface area contributed by atoms with Crippen LogP contribution in [0.4, 0.5) is 13.2 Å². The van der Waals surface area contributed by atoms with Crippen molar-refractivity contribution in [2.24, 2.45) is 21.4 Å². The third kappa shape index (κ3) is 89.5. The highest BCUT2D eigenvalue weighted by Crippen LogP contribution is 2.50. The normalized spacial score (nSPS) is 17.9. The zero-order valence-electron chi connectivity index (χ0n) is 87.3. The second-order valence-electron chi connectivity index (χ2n) is 35.9. The number of nitrogens with one attached hydrogen (secondary N) is 4. The predicted molar refractivity (Wildman–Crippen MR) is 578 cm³/mol. The third-order valence-corrected chi connectivity index (χ3v) is 24.6. The summed E-state index contributed by atoms with van der Waals surface area (Å²) in [7, 11) is 3.16. The van der Waals surface area contributed by atoms with Crippen LogP contribution in [0.15, 0.2) is 205 Å². The van der Waals surface area contributed by atoms with Crippen LogP contribution in [0.1, 0.15) is 256 Å². The lowest BCUT2D eigenvalue weighted by Crippen LogP contribution is -2.40. The number of morpholine rings is 2. The van der Waals surface area contributed by atoms with Crippen molar-refractivity contribution in [2.45, 2.75) is 282 Å². The van der Waals surface area contributed by atoms with E-state index in [4.69, 9.17) is 25.5 Å². The molecular weight excluding hydrogens is 1830 g/mol. The number of nitrogens with two attached hydrogens (primary N) is 3. The van der Waals surface area contributed by atoms with Gasteiger partial charge in [-0.15, -0.1) is 0 Å². The Bertz CT molecular complexity index is 3860. The van der Waals surface area contributed by atoms with Crippen molar-refractivity contribution in [2.75, 3.05) is 173 Å². The first-order chi connectivity index (χ1) is 67.7. The average Bonchev–Trinajstić information content (AvgIpc) is 1.66. The molecule has 1 spiro atoms. The van der Waals surface area contributed by atoms with Gasteiger partial charge in [-0.05, 0) is 238 Å². The van der Waals surface area contributed by atoms with Crippen molar-refractivity contribution in [1.82, 2.24) is 65.7 Å². The fraction of sp³-hybridized carbons (Fsp3) is 0.627. The Hall–Kier alpha value is -7.80. The van der Waals surface area contributed by atoms with Gasteiger partial charge >= 0.3 is 6.18 Å². The van der Waals surface area contributed by atoms with E-state index in [0.29, 0.717) is 31.7 Å². The van der Waals surface area contributed by atoms with Gasteiger partial charge in [-0.25, -0.2) is 37.1 Å². The number of likely N-dealkylation sites (N-methyl/N-ethyl adjacent to an activating group) is 2. The number of ether oxygens (including phenoxy) is 3. The lowest BCUT2D eigenvalue weighted by atomic mass is 9.97. The number of sulfonamides is 2. The second-order valence-corrected chi connectivity index (χ2v) is 39.0. The summed E-state index contributed by atoms with van der Waals surface area (Å²) in [6.45, 7) is 33.9. The lowest BCUT2D eigenvalue weighted by Gasteiger charge is -2.24. The minimum Gasteiger partial charge on any atom is -0.463 e. The molecule has 7 saturated heterocycles. The molecule has 1 atom stereocenters. The number of alkyl halides is 3. The number of primary sulfonamides is 2. The van der Waals surface area contributed by atoms with E-state index < -0.39 is 31.8 Å². The van der Waals surface area contributed by atoms with Gasteiger partial charge in [-0.3, -0.25) is 24.6 Å². The SMILES string of the molecule is C.C1CC1.C1CCC1.C1CCCCC1.C1CCNCC1.C1CNCC2(C1)CC2.CCC.CCN1CCOCC1.CN1CCCC1CC=O.CN1CCCCC1.CN1CCNCC1.CNC.Cc1ccc(S(N)(=O)=O)cc1.Cc1ccccn1.FC(F)(F)c1ccccc1.NC1CCCCC1.NS(=O)(=O)c1ccccc1.O=CCN1CCOCC1.O=COCc1ccccc1.c1ccncc1.c1cncnc1. The minimum absolute atomic E-state index is 0. The molecule has 3 aromatic heterocycles. The van der Waals surface area contributed by atoms with E-state index in [1.54, 1.807) is 73.4 Å². The Morgan fingerprint density at radius 1 is 0.468 bits per heavy atom. The molecule has 0 radical (unpaired) electrons. The number of nitrogens with zero attached hydrogens (tertiary/aromatic N) is 9. The summed E-state index contributed by atoms with van der Waals surface area (Å²) in [5.41, 5.74) is 8.94. The monoisotopic (exact) mass is 2020 g/mol. The largest absolute Gasteiger partial charge is 0.463 e. The number of piperidine rings is 3. The van der Waals surface area contributed by atoms with Gasteiger partial charge in [0.2, 0.25) is 20.0 Å². The Labute approximate surface area is 852 Å². The molecule has 12 aliphatic rings. The topological polar surface area (TPSA) is 341 Å². The highest BCUT2D eigenvalue weighted by Gasteiger charge is 2.42. The number of benzene rings is 4. The number of aromatic nitrogens is 4. The summed E-state index contributed by atoms with van der Waals surface area (Å²) in [6.07, 6.45) is 52.9. The Morgan fingerprint density at radius 2 is 0.887 bits per heavy atom. The van der Waals surface area contributed by atoms with E-state index in [2.05, 4.69) is 112 Å². The molecule has 0 amide bonds. The molecule has 7 aromatic rings. The molecule has 7 aliphatic heterocycles. The second kappa shape index (κ2) is 94.5. The number of carbonyl (C=O) groups excluding carboxylic acids is 3. The van der Waals surface area contributed by atoms with Crippen LogP contribution < -0.4 is 37.3 Å². The van der Waals surface area contributed by atoms with Gasteiger partial charge in [0.25, 0.3) is 6.47 Å². The molecule has 31 heteroatoms. The number of aldehydes is 2. The number of rotatable bonds is 10. The number of piperazine rings is 1. The summed E-state index contributed by atoms with van der Waals surface area (Å²) in [5, 5.41) is 22.5. The number of likely N-dealkylation sites (tertiary alicyclic amines) is 2. The first-order valence-corrected chi connectivity index (χ1v) is 54.6. The first-order valence-electron chi connectivity index (χ1n) is 51.5. The van der Waals surface area contributed by atoms with Gasteiger partial charge in [0, 0.05) is 114 Å². The number of pyridine rings is 2. The van der Waals surface area contributed by atoms with Crippen LogP contribution in [0.3, 0.4) is 0 Å². The summed E-state index contributed by atoms with van der Waals surface area (Å²) >= 11 is 0. The molecule has 10 N–H and O–H groups in total. The summed E-state index contributed by atoms with van der Waals surface area (Å²) in [6, 6.07) is 44.6. The van der Waals surface area contributed by atoms with Gasteiger partial charge in [0.05, 0.1) is 48.3 Å². The van der Waals surface area contributed by atoms with Crippen molar-refractivity contribution in [3.05, 3.63) is 217 Å². The quantitative estimate of drug-likeness (QED) is 0.0625. The number of halogens is 3. The predicted octanol–water partition coefficient (Wildman–Crippen LogP) is 19.3. The molecular formula is C110H189F3N16O10S2. The highest BCUT2D eigenvalue weighted by atomic mass is 32.2. The molecule has 1 unspecified atom stereocenters. The van der Waals surface area contributed by atoms with Crippen molar-refractivity contribution in [1.29, 1.82) is 0 Å². The van der Waals surface area contributed by atoms with Gasteiger partial charge in [-0.1, -0.05) is 259 Å². The van der Waals surface area contributed by atoms with E-state index >= 15 is 0 Å². The van der Waals surface area contributed by atoms with Gasteiger partial charge in [-0.2, -0.15) is 13.2 Å². The van der Waals surface area contributed by atoms with Crippen molar-refractivity contribution < 1.29 is 58.6 Å². The van der Waals surface area contributed by atoms with Crippen LogP contribution in [0.5, 0.6) is 0 Å². The first kappa shape index (κ1) is 135. The average molecular weight is 2020 g/mol. The molecule has 26 nitrogen and oxygen atoms in total. The fourth-order valence-corrected chi connectivity index (χ4v) is 14.6. The molecule has 19 rings (SSSR count). The maximum Gasteiger partial charge on any atom is 0.416 e. The molecule has 5 saturated carbocycles. The standard InChI is InChI=1S/C8H8O2.C7H5F3.C7H9NO2S.C7H13NO.C7H13N.C6H7NO2S.C6H11NO2.C6H13NO.C6H13N.C6H7N.C6H13N.C6H12.C5H12N2.C5H11N.C5H5N.C4H4N2.C4H8.C3H6.C3H8.C2H7N.CH4/c9-7-10-6-8-4-2-1-3-5-8;8-7(9,10)6-4-2-1-3-5-6;1-6-2-4-7(5-3-6)11(8,9)10;1-8-5-2-3-7(8)4-6-9;1-2-7(3-4-7)6-8-5-1;7-10(8,9)6-4-2-1-3-5-6;8-4-1-7-2-5-9-6-3-7;1-2-7-3-5-8-6-4-7;1-7-5-3-2-4-6-7;1-6-4-2-3-5-7-6;7-6-4-2-1-3-5-6;1-2-4-6-5-3-1;1-7-4-2-6-3-5-7;2*1-2-4-6-5-3-1;1-2-5-4-6-3-1;1-2-4-3-1;1-2-3-1;2*1-3-2;/h1-5,7H,6H2;1-5H;2-5H,1H3,(H2,8,9,10);6-7H,2-5H2,1H3;8H,1-6H2;1-5H,(H2,7,8,9);4H,1-3,5-6H2;2-6H2,1H3;2-6H2,1H3;2-5H,1H3;6H,1-5,7H2;1-6H2;6H,2-5H2,1H3;6H,1-5H2;1-5H;1-4H;1-4H2;1-3H2;3H2,1-2H3;3H,1-2H3;1H4. The Balaban J connectivity index is 0. The molecule has 5 aliphatic carbocycles. The van der Waals surface area contributed by atoms with Gasteiger partial charge in [0.15, 0.2) is 0 Å². The molecule has 12 fully saturated rings. The number of carbonyl (C=O) groups is 3. The molecule has 4 aromatic carbocycles. The smallest absolute Gasteiger partial charge is 0.416 e. The molecule has 10 heterocycles. The van der Waals surface area contributed by atoms with E-state index in [9.17, 15) is 44.4 Å². The van der Waals surface area contributed by atoms with E-state index in [1.165, 1.54) is 307 Å². The summed E-state index contributed by atoms with van der Waals surface area (Å²) in [4.78, 5) is 56.7. The zero-order valence-corrected chi connectivity index (χ0v) is 89.0. The van der Waals surface area contributed by atoms with E-state index in [-0.39, 0.29) is 17.2 Å². The summed E-state index contributed by atoms with van der Waals surface area (Å²) < 4.78 is 92.8. The van der Waals surface area contributed by atoms with Crippen molar-refractivity contribution in [3.63, 3.8) is 0 Å². The van der Waals surface area contributed by atoms with E-state index in [1.807, 2.05) is 94.7 Å². The van der Waals surface area contributed by atoms with Gasteiger partial charge in [0.1, 0.15) is 25.5 Å². The van der Waals surface area contributed by atoms with Crippen LogP contribution in [-0.2, 0) is 61.4 Å². The van der Waals surface area contributed by atoms with E-state index in [0.717, 1.165) is 119 Å². The van der Waals surface area contributed by atoms with Crippen molar-refractivity contribution >= 4 is 39.1 Å². The molecule has 802 valence electrons. The Morgan fingerprint density at radius 3 is 1.16 bits per heavy atom.